The van der Waals surface area contributed by atoms with Crippen LogP contribution in [0.15, 0.2) is 47.4 Å². The number of aryl methyl sites for hydroxylation is 1. The van der Waals surface area contributed by atoms with Crippen LogP contribution in [0.25, 0.3) is 0 Å². The summed E-state index contributed by atoms with van der Waals surface area (Å²) in [6.07, 6.45) is 0.949. The number of carbonyl (C=O) groups is 2. The van der Waals surface area contributed by atoms with Gasteiger partial charge in [-0.2, -0.15) is 0 Å². The number of hydrogen-bond donors (Lipinski definition) is 1. The fraction of sp³-hybridized carbons (Fsp3) is 0.333. The van der Waals surface area contributed by atoms with Crippen molar-refractivity contribution in [2.24, 2.45) is 0 Å². The average molecular weight is 498 g/mol. The third-order valence-corrected chi connectivity index (χ3v) is 7.57. The molecule has 0 aromatic heterocycles. The van der Waals surface area contributed by atoms with Gasteiger partial charge in [-0.25, -0.2) is 25.9 Å². The van der Waals surface area contributed by atoms with Crippen LogP contribution in [-0.2, 0) is 29.6 Å². The number of hydrogen-bond acceptors (Lipinski definition) is 7. The Hall–Kier alpha value is -2.96. The van der Waals surface area contributed by atoms with Crippen molar-refractivity contribution >= 4 is 43.3 Å². The zero-order chi connectivity index (χ0) is 25.0. The van der Waals surface area contributed by atoms with E-state index in [1.165, 1.54) is 50.5 Å². The van der Waals surface area contributed by atoms with Crippen molar-refractivity contribution in [1.29, 1.82) is 0 Å². The number of sulfonamides is 2. The Morgan fingerprint density at radius 3 is 2.09 bits per heavy atom. The second-order valence-corrected chi connectivity index (χ2v) is 11.4. The summed E-state index contributed by atoms with van der Waals surface area (Å²) < 4.78 is 56.0. The van der Waals surface area contributed by atoms with Gasteiger partial charge in [0.1, 0.15) is 6.54 Å². The van der Waals surface area contributed by atoms with Crippen molar-refractivity contribution in [3.8, 4) is 0 Å². The molecule has 2 aromatic rings. The molecule has 12 heteroatoms. The molecule has 10 nitrogen and oxygen atoms in total. The van der Waals surface area contributed by atoms with Crippen LogP contribution < -0.4 is 9.62 Å². The molecule has 180 valence electrons. The van der Waals surface area contributed by atoms with Gasteiger partial charge in [0, 0.05) is 19.8 Å². The number of nitrogens with zero attached hydrogens (tertiary/aromatic N) is 2. The maximum Gasteiger partial charge on any atom is 0.338 e. The number of rotatable bonds is 9. The first kappa shape index (κ1) is 26.3. The molecule has 0 aliphatic rings. The molecule has 0 bridgehead atoms. The molecule has 0 atom stereocenters. The Kier molecular flexibility index (Phi) is 8.22. The molecule has 0 radical (unpaired) electrons. The third-order valence-electron chi connectivity index (χ3n) is 4.60. The minimum atomic E-state index is -3.85. The van der Waals surface area contributed by atoms with Crippen LogP contribution in [0.3, 0.4) is 0 Å². The van der Waals surface area contributed by atoms with Crippen LogP contribution in [0.2, 0.25) is 0 Å². The highest BCUT2D eigenvalue weighted by Crippen LogP contribution is 2.22. The van der Waals surface area contributed by atoms with Crippen molar-refractivity contribution in [2.45, 2.75) is 18.7 Å². The number of anilines is 2. The van der Waals surface area contributed by atoms with Crippen molar-refractivity contribution in [2.75, 3.05) is 43.1 Å². The van der Waals surface area contributed by atoms with Gasteiger partial charge in [-0.3, -0.25) is 9.10 Å². The van der Waals surface area contributed by atoms with Gasteiger partial charge in [0.25, 0.3) is 0 Å². The lowest BCUT2D eigenvalue weighted by Crippen LogP contribution is -2.37. The van der Waals surface area contributed by atoms with E-state index in [-0.39, 0.29) is 17.2 Å². The Balaban J connectivity index is 2.23. The molecule has 0 spiro atoms. The number of carbonyl (C=O) groups excluding carboxylic acids is 2. The Morgan fingerprint density at radius 2 is 1.61 bits per heavy atom. The highest BCUT2D eigenvalue weighted by Gasteiger charge is 2.23. The van der Waals surface area contributed by atoms with Crippen molar-refractivity contribution < 1.29 is 31.2 Å². The Morgan fingerprint density at radius 1 is 1.00 bits per heavy atom. The van der Waals surface area contributed by atoms with E-state index < -0.39 is 38.5 Å². The SMILES string of the molecule is CCOC(=O)c1ccc(NC(=O)CN(c2ccc(S(=O)(=O)N(C)C)cc2)S(C)(=O)=O)c(C)c1. The number of esters is 1. The van der Waals surface area contributed by atoms with E-state index in [0.717, 1.165) is 14.9 Å². The van der Waals surface area contributed by atoms with Crippen LogP contribution in [0.5, 0.6) is 0 Å². The van der Waals surface area contributed by atoms with Gasteiger partial charge in [-0.15, -0.1) is 0 Å². The second-order valence-electron chi connectivity index (χ2n) is 7.35. The van der Waals surface area contributed by atoms with Gasteiger partial charge >= 0.3 is 5.97 Å². The molecule has 33 heavy (non-hydrogen) atoms. The highest BCUT2D eigenvalue weighted by atomic mass is 32.2. The minimum absolute atomic E-state index is 0.00790. The molecular formula is C21H27N3O7S2. The molecule has 0 aliphatic carbocycles. The maximum atomic E-state index is 12.6. The Labute approximate surface area is 194 Å². The van der Waals surface area contributed by atoms with Crippen LogP contribution in [0, 0.1) is 6.92 Å². The van der Waals surface area contributed by atoms with E-state index in [0.29, 0.717) is 16.8 Å². The minimum Gasteiger partial charge on any atom is -0.462 e. The van der Waals surface area contributed by atoms with Crippen molar-refractivity contribution in [3.05, 3.63) is 53.6 Å². The largest absolute Gasteiger partial charge is 0.462 e. The topological polar surface area (TPSA) is 130 Å². The normalized spacial score (nSPS) is 11.8. The van der Waals surface area contributed by atoms with E-state index in [9.17, 15) is 26.4 Å². The first-order valence-electron chi connectivity index (χ1n) is 9.85. The molecule has 0 saturated heterocycles. The molecule has 2 rings (SSSR count). The van der Waals surface area contributed by atoms with E-state index in [1.807, 2.05) is 0 Å². The molecule has 0 heterocycles. The number of nitrogens with one attached hydrogen (secondary N) is 1. The van der Waals surface area contributed by atoms with E-state index >= 15 is 0 Å². The zero-order valence-electron chi connectivity index (χ0n) is 19.0. The molecule has 0 saturated carbocycles. The van der Waals surface area contributed by atoms with Crippen molar-refractivity contribution in [1.82, 2.24) is 4.31 Å². The second kappa shape index (κ2) is 10.3. The summed E-state index contributed by atoms with van der Waals surface area (Å²) in [7, 11) is -4.76. The fourth-order valence-electron chi connectivity index (χ4n) is 2.86. The quantitative estimate of drug-likeness (QED) is 0.523. The summed E-state index contributed by atoms with van der Waals surface area (Å²) in [6, 6.07) is 9.79. The van der Waals surface area contributed by atoms with Gasteiger partial charge in [0.15, 0.2) is 0 Å². The number of benzene rings is 2. The predicted molar refractivity (Wildman–Crippen MR) is 125 cm³/mol. The third kappa shape index (κ3) is 6.53. The molecular weight excluding hydrogens is 470 g/mol. The maximum absolute atomic E-state index is 12.6. The van der Waals surface area contributed by atoms with Crippen molar-refractivity contribution in [3.63, 3.8) is 0 Å². The van der Waals surface area contributed by atoms with Crippen LogP contribution >= 0.6 is 0 Å². The van der Waals surface area contributed by atoms with E-state index in [4.69, 9.17) is 4.74 Å². The zero-order valence-corrected chi connectivity index (χ0v) is 20.7. The summed E-state index contributed by atoms with van der Waals surface area (Å²) in [5.41, 5.74) is 1.48. The standard InChI is InChI=1S/C21H27N3O7S2/c1-6-31-21(26)16-7-12-19(15(2)13-16)22-20(25)14-24(32(5,27)28)17-8-10-18(11-9-17)33(29,30)23(3)4/h7-13H,6,14H2,1-5H3,(H,22,25). The number of ether oxygens (including phenoxy) is 1. The fourth-order valence-corrected chi connectivity index (χ4v) is 4.62. The predicted octanol–water partition coefficient (Wildman–Crippen LogP) is 1.83. The summed E-state index contributed by atoms with van der Waals surface area (Å²) >= 11 is 0. The molecule has 0 fully saturated rings. The van der Waals surface area contributed by atoms with Crippen LogP contribution in [0.1, 0.15) is 22.8 Å². The summed E-state index contributed by atoms with van der Waals surface area (Å²) in [5.74, 6) is -1.10. The molecule has 1 N–H and O–H groups in total. The van der Waals surface area contributed by atoms with E-state index in [1.54, 1.807) is 19.9 Å². The monoisotopic (exact) mass is 497 g/mol. The van der Waals surface area contributed by atoms with Gasteiger partial charge < -0.3 is 10.1 Å². The van der Waals surface area contributed by atoms with Crippen LogP contribution in [-0.4, -0.2) is 66.5 Å². The lowest BCUT2D eigenvalue weighted by Gasteiger charge is -2.22. The first-order valence-corrected chi connectivity index (χ1v) is 13.1. The summed E-state index contributed by atoms with van der Waals surface area (Å²) in [5, 5.41) is 2.63. The number of amides is 1. The molecule has 0 unspecified atom stereocenters. The Bertz CT molecular complexity index is 1240. The molecule has 1 amide bonds. The lowest BCUT2D eigenvalue weighted by atomic mass is 10.1. The summed E-state index contributed by atoms with van der Waals surface area (Å²) in [6.45, 7) is 3.09. The molecule has 2 aromatic carbocycles. The van der Waals surface area contributed by atoms with Gasteiger partial charge in [0.05, 0.1) is 29.0 Å². The lowest BCUT2D eigenvalue weighted by molar-refractivity contribution is -0.114. The van der Waals surface area contributed by atoms with Gasteiger partial charge in [-0.05, 0) is 61.9 Å². The summed E-state index contributed by atoms with van der Waals surface area (Å²) in [4.78, 5) is 24.5. The van der Waals surface area contributed by atoms with Gasteiger partial charge in [-0.1, -0.05) is 0 Å². The molecule has 0 aliphatic heterocycles. The highest BCUT2D eigenvalue weighted by molar-refractivity contribution is 7.92. The van der Waals surface area contributed by atoms with Gasteiger partial charge in [0.2, 0.25) is 26.0 Å². The van der Waals surface area contributed by atoms with E-state index in [2.05, 4.69) is 5.32 Å². The van der Waals surface area contributed by atoms with Crippen LogP contribution in [0.4, 0.5) is 11.4 Å². The average Bonchev–Trinajstić information content (AvgIpc) is 2.72. The smallest absolute Gasteiger partial charge is 0.338 e. The first-order chi connectivity index (χ1) is 15.3.